The molecule has 0 unspecified atom stereocenters. The average Bonchev–Trinajstić information content (AvgIpc) is 3.35. The zero-order valence-corrected chi connectivity index (χ0v) is 15.3. The van der Waals surface area contributed by atoms with E-state index in [1.54, 1.807) is 0 Å². The predicted octanol–water partition coefficient (Wildman–Crippen LogP) is 2.92. The molecule has 1 heterocycles. The Morgan fingerprint density at radius 1 is 1.20 bits per heavy atom. The van der Waals surface area contributed by atoms with Crippen LogP contribution in [0.15, 0.2) is 12.1 Å². The zero-order chi connectivity index (χ0) is 17.8. The summed E-state index contributed by atoms with van der Waals surface area (Å²) < 4.78 is 17.1. The first-order chi connectivity index (χ1) is 12.1. The highest BCUT2D eigenvalue weighted by Crippen LogP contribution is 2.42. The summed E-state index contributed by atoms with van der Waals surface area (Å²) in [4.78, 5) is 14.6. The number of carbonyl (C=O) groups is 1. The van der Waals surface area contributed by atoms with E-state index in [0.29, 0.717) is 43.8 Å². The van der Waals surface area contributed by atoms with Crippen LogP contribution < -0.4 is 19.7 Å². The number of hydrogen-bond acceptors (Lipinski definition) is 5. The topological polar surface area (TPSA) is 60.0 Å². The number of benzene rings is 1. The van der Waals surface area contributed by atoms with Gasteiger partial charge in [0.2, 0.25) is 5.91 Å². The first kappa shape index (κ1) is 17.9. The Kier molecular flexibility index (Phi) is 5.68. The zero-order valence-electron chi connectivity index (χ0n) is 15.3. The second-order valence-electron chi connectivity index (χ2n) is 6.59. The van der Waals surface area contributed by atoms with E-state index in [4.69, 9.17) is 14.2 Å². The van der Waals surface area contributed by atoms with Crippen molar-refractivity contribution >= 4 is 17.3 Å². The highest BCUT2D eigenvalue weighted by molar-refractivity contribution is 5.96. The van der Waals surface area contributed by atoms with E-state index < -0.39 is 0 Å². The monoisotopic (exact) mass is 348 g/mol. The molecule has 1 saturated carbocycles. The molecule has 2 aliphatic rings. The lowest BCUT2D eigenvalue weighted by Crippen LogP contribution is -2.36. The maximum Gasteiger partial charge on any atom is 0.227 e. The molecule has 0 radical (unpaired) electrons. The third-order valence-corrected chi connectivity index (χ3v) is 4.72. The molecule has 1 aromatic rings. The van der Waals surface area contributed by atoms with E-state index >= 15 is 0 Å². The molecule has 6 heteroatoms. The number of anilines is 2. The van der Waals surface area contributed by atoms with Crippen molar-refractivity contribution in [2.45, 2.75) is 27.2 Å². The lowest BCUT2D eigenvalue weighted by Gasteiger charge is -2.31. The Balaban J connectivity index is 1.89. The lowest BCUT2D eigenvalue weighted by atomic mass is 10.2. The summed E-state index contributed by atoms with van der Waals surface area (Å²) in [7, 11) is 0. The molecular formula is C19H28N2O4. The summed E-state index contributed by atoms with van der Waals surface area (Å²) in [5, 5.41) is 3.03. The summed E-state index contributed by atoms with van der Waals surface area (Å²) in [5.41, 5.74) is 1.68. The molecule has 0 aromatic heterocycles. The molecule has 2 fully saturated rings. The largest absolute Gasteiger partial charge is 0.492 e. The molecule has 1 amide bonds. The predicted molar refractivity (Wildman–Crippen MR) is 97.7 cm³/mol. The molecule has 6 nitrogen and oxygen atoms in total. The number of rotatable bonds is 7. The summed E-state index contributed by atoms with van der Waals surface area (Å²) in [5.74, 6) is 2.11. The van der Waals surface area contributed by atoms with Gasteiger partial charge in [-0.15, -0.1) is 0 Å². The van der Waals surface area contributed by atoms with Crippen molar-refractivity contribution in [3.63, 3.8) is 0 Å². The van der Waals surface area contributed by atoms with Crippen molar-refractivity contribution in [3.8, 4) is 11.5 Å². The summed E-state index contributed by atoms with van der Waals surface area (Å²) in [6, 6.07) is 3.87. The molecule has 1 aliphatic heterocycles. The quantitative estimate of drug-likeness (QED) is 0.821. The average molecular weight is 348 g/mol. The van der Waals surface area contributed by atoms with Crippen molar-refractivity contribution in [1.82, 2.24) is 0 Å². The van der Waals surface area contributed by atoms with Gasteiger partial charge < -0.3 is 24.4 Å². The van der Waals surface area contributed by atoms with Crippen LogP contribution >= 0.6 is 0 Å². The third-order valence-electron chi connectivity index (χ3n) is 4.72. The van der Waals surface area contributed by atoms with E-state index in [0.717, 1.165) is 30.9 Å². The molecule has 1 aromatic carbocycles. The van der Waals surface area contributed by atoms with Crippen LogP contribution in [0.4, 0.5) is 11.4 Å². The van der Waals surface area contributed by atoms with Crippen LogP contribution in [-0.2, 0) is 9.53 Å². The molecule has 0 bridgehead atoms. The molecule has 3 rings (SSSR count). The fourth-order valence-corrected chi connectivity index (χ4v) is 3.16. The Morgan fingerprint density at radius 2 is 1.84 bits per heavy atom. The van der Waals surface area contributed by atoms with Gasteiger partial charge in [0.15, 0.2) is 0 Å². The summed E-state index contributed by atoms with van der Waals surface area (Å²) >= 11 is 0. The van der Waals surface area contributed by atoms with Gasteiger partial charge in [0, 0.05) is 31.1 Å². The van der Waals surface area contributed by atoms with Crippen molar-refractivity contribution in [2.24, 2.45) is 11.8 Å². The molecule has 1 aliphatic carbocycles. The van der Waals surface area contributed by atoms with Crippen molar-refractivity contribution < 1.29 is 19.0 Å². The van der Waals surface area contributed by atoms with Gasteiger partial charge in [-0.1, -0.05) is 6.92 Å². The van der Waals surface area contributed by atoms with Crippen molar-refractivity contribution in [3.05, 3.63) is 12.1 Å². The van der Waals surface area contributed by atoms with Gasteiger partial charge in [0.25, 0.3) is 0 Å². The normalized spacial score (nSPS) is 22.4. The fraction of sp³-hybridized carbons (Fsp3) is 0.632. The maximum absolute atomic E-state index is 12.4. The Hall–Kier alpha value is -1.95. The standard InChI is InChI=1S/C19H28N2O4/c1-4-24-17-12-16(21-6-8-23-9-7-21)18(25-5-2)11-15(17)20-19(22)14-10-13(14)3/h11-14H,4-10H2,1-3H3,(H,20,22)/t13-,14-/m0/s1. The van der Waals surface area contributed by atoms with Gasteiger partial charge in [-0.05, 0) is 26.2 Å². The van der Waals surface area contributed by atoms with Gasteiger partial charge >= 0.3 is 0 Å². The van der Waals surface area contributed by atoms with Crippen LogP contribution in [0.2, 0.25) is 0 Å². The van der Waals surface area contributed by atoms with Crippen molar-refractivity contribution in [2.75, 3.05) is 49.7 Å². The highest BCUT2D eigenvalue weighted by atomic mass is 16.5. The minimum Gasteiger partial charge on any atom is -0.492 e. The van der Waals surface area contributed by atoms with Gasteiger partial charge in [-0.25, -0.2) is 0 Å². The second-order valence-corrected chi connectivity index (χ2v) is 6.59. The van der Waals surface area contributed by atoms with E-state index in [-0.39, 0.29) is 11.8 Å². The van der Waals surface area contributed by atoms with Crippen LogP contribution in [-0.4, -0.2) is 45.4 Å². The molecule has 1 saturated heterocycles. The Morgan fingerprint density at radius 3 is 2.44 bits per heavy atom. The van der Waals surface area contributed by atoms with Gasteiger partial charge in [-0.2, -0.15) is 0 Å². The third kappa shape index (κ3) is 4.18. The smallest absolute Gasteiger partial charge is 0.227 e. The lowest BCUT2D eigenvalue weighted by molar-refractivity contribution is -0.117. The highest BCUT2D eigenvalue weighted by Gasteiger charge is 2.39. The number of ether oxygens (including phenoxy) is 3. The van der Waals surface area contributed by atoms with E-state index in [1.807, 2.05) is 26.0 Å². The molecule has 25 heavy (non-hydrogen) atoms. The van der Waals surface area contributed by atoms with Crippen LogP contribution in [0.3, 0.4) is 0 Å². The number of hydrogen-bond donors (Lipinski definition) is 1. The molecule has 138 valence electrons. The van der Waals surface area contributed by atoms with E-state index in [2.05, 4.69) is 17.1 Å². The SMILES string of the molecule is CCOc1cc(N2CCOCC2)c(OCC)cc1NC(=O)[C@H]1C[C@@H]1C. The minimum absolute atomic E-state index is 0.0648. The van der Waals surface area contributed by atoms with Crippen LogP contribution in [0.1, 0.15) is 27.2 Å². The van der Waals surface area contributed by atoms with Gasteiger partial charge in [0.1, 0.15) is 11.5 Å². The number of nitrogens with one attached hydrogen (secondary N) is 1. The van der Waals surface area contributed by atoms with Crippen LogP contribution in [0.5, 0.6) is 11.5 Å². The fourth-order valence-electron chi connectivity index (χ4n) is 3.16. The number of morpholine rings is 1. The molecular weight excluding hydrogens is 320 g/mol. The number of carbonyl (C=O) groups excluding carboxylic acids is 1. The van der Waals surface area contributed by atoms with Gasteiger partial charge in [0.05, 0.1) is 37.8 Å². The van der Waals surface area contributed by atoms with Gasteiger partial charge in [-0.3, -0.25) is 4.79 Å². The van der Waals surface area contributed by atoms with E-state index in [9.17, 15) is 4.79 Å². The van der Waals surface area contributed by atoms with E-state index in [1.165, 1.54) is 0 Å². The van der Waals surface area contributed by atoms with Crippen LogP contribution in [0.25, 0.3) is 0 Å². The summed E-state index contributed by atoms with van der Waals surface area (Å²) in [6.45, 7) is 10.1. The molecule has 0 spiro atoms. The first-order valence-electron chi connectivity index (χ1n) is 9.21. The summed E-state index contributed by atoms with van der Waals surface area (Å²) in [6.07, 6.45) is 0.958. The first-order valence-corrected chi connectivity index (χ1v) is 9.21. The Bertz CT molecular complexity index is 614. The minimum atomic E-state index is 0.0648. The number of amides is 1. The maximum atomic E-state index is 12.4. The molecule has 1 N–H and O–H groups in total. The van der Waals surface area contributed by atoms with Crippen molar-refractivity contribution in [1.29, 1.82) is 0 Å². The Labute approximate surface area is 149 Å². The number of nitrogens with zero attached hydrogens (tertiary/aromatic N) is 1. The molecule has 2 atom stereocenters. The second kappa shape index (κ2) is 7.95. The van der Waals surface area contributed by atoms with Crippen LogP contribution in [0, 0.1) is 11.8 Å².